The van der Waals surface area contributed by atoms with Crippen LogP contribution in [0.5, 0.6) is 5.75 Å². The minimum atomic E-state index is -0.594. The summed E-state index contributed by atoms with van der Waals surface area (Å²) in [6.07, 6.45) is 1.49. The van der Waals surface area contributed by atoms with Crippen LogP contribution in [0, 0.1) is 0 Å². The van der Waals surface area contributed by atoms with Crippen molar-refractivity contribution in [3.05, 3.63) is 97.9 Å². The van der Waals surface area contributed by atoms with Crippen LogP contribution in [-0.4, -0.2) is 16.9 Å². The molecule has 166 valence electrons. The van der Waals surface area contributed by atoms with E-state index in [1.807, 2.05) is 24.3 Å². The molecule has 9 heteroatoms. The van der Waals surface area contributed by atoms with Gasteiger partial charge in [-0.1, -0.05) is 69.5 Å². The van der Waals surface area contributed by atoms with Gasteiger partial charge in [0.1, 0.15) is 17.9 Å². The van der Waals surface area contributed by atoms with Gasteiger partial charge >= 0.3 is 0 Å². The van der Waals surface area contributed by atoms with Gasteiger partial charge < -0.3 is 4.74 Å². The van der Waals surface area contributed by atoms with Crippen molar-refractivity contribution in [2.75, 3.05) is 4.90 Å². The fourth-order valence-electron chi connectivity index (χ4n) is 3.12. The second-order valence-electron chi connectivity index (χ2n) is 7.01. The molecule has 3 aromatic rings. The molecule has 4 rings (SSSR count). The van der Waals surface area contributed by atoms with E-state index >= 15 is 0 Å². The largest absolute Gasteiger partial charge is 0.489 e. The van der Waals surface area contributed by atoms with Gasteiger partial charge in [0, 0.05) is 4.47 Å². The number of ether oxygens (including phenoxy) is 1. The number of anilines is 1. The molecule has 3 aromatic carbocycles. The fraction of sp³-hybridized carbons (Fsp3) is 0.0417. The lowest BCUT2D eigenvalue weighted by Gasteiger charge is -2.29. The van der Waals surface area contributed by atoms with Gasteiger partial charge in [0.05, 0.1) is 15.7 Å². The molecule has 33 heavy (non-hydrogen) atoms. The number of halogens is 3. The summed E-state index contributed by atoms with van der Waals surface area (Å²) >= 11 is 21.0. The standard InChI is InChI=1S/C24H15BrCl2N2O3S/c25-16-8-4-15(5-9-16)13-32-17-10-6-14(7-11-17)12-18-22(30)28-24(33)29(23(18)31)20-3-1-2-19(26)21(20)27/h1-12H,13H2,(H,28,30,33)/b18-12+. The van der Waals surface area contributed by atoms with E-state index in [0.29, 0.717) is 23.6 Å². The highest BCUT2D eigenvalue weighted by Gasteiger charge is 2.35. The Kier molecular flexibility index (Phi) is 7.14. The van der Waals surface area contributed by atoms with Crippen LogP contribution in [0.4, 0.5) is 5.69 Å². The van der Waals surface area contributed by atoms with Crippen LogP contribution >= 0.6 is 51.3 Å². The molecule has 1 aliphatic rings. The third-order valence-electron chi connectivity index (χ3n) is 4.78. The highest BCUT2D eigenvalue weighted by molar-refractivity contribution is 9.10. The number of benzene rings is 3. The van der Waals surface area contributed by atoms with Gasteiger partial charge in [0.25, 0.3) is 11.8 Å². The van der Waals surface area contributed by atoms with E-state index in [0.717, 1.165) is 14.9 Å². The van der Waals surface area contributed by atoms with E-state index in [1.165, 1.54) is 6.08 Å². The number of hydrogen-bond acceptors (Lipinski definition) is 4. The van der Waals surface area contributed by atoms with Gasteiger partial charge in [0.2, 0.25) is 0 Å². The van der Waals surface area contributed by atoms with E-state index in [-0.39, 0.29) is 20.7 Å². The van der Waals surface area contributed by atoms with Crippen LogP contribution in [0.15, 0.2) is 76.8 Å². The quantitative estimate of drug-likeness (QED) is 0.230. The first-order valence-corrected chi connectivity index (χ1v) is 11.6. The molecule has 1 heterocycles. The van der Waals surface area contributed by atoms with Crippen LogP contribution < -0.4 is 15.0 Å². The SMILES string of the molecule is O=C1NC(=S)N(c2cccc(Cl)c2Cl)C(=O)/C1=C/c1ccc(OCc2ccc(Br)cc2)cc1. The summed E-state index contributed by atoms with van der Waals surface area (Å²) < 4.78 is 6.80. The Morgan fingerprint density at radius 2 is 1.70 bits per heavy atom. The van der Waals surface area contributed by atoms with Gasteiger partial charge in [0.15, 0.2) is 5.11 Å². The maximum atomic E-state index is 13.1. The Balaban J connectivity index is 1.54. The van der Waals surface area contributed by atoms with E-state index in [1.54, 1.807) is 42.5 Å². The molecule has 0 saturated carbocycles. The zero-order valence-electron chi connectivity index (χ0n) is 16.8. The first-order valence-electron chi connectivity index (χ1n) is 9.66. The average Bonchev–Trinajstić information content (AvgIpc) is 2.80. The van der Waals surface area contributed by atoms with Gasteiger partial charge in [-0.2, -0.15) is 0 Å². The average molecular weight is 562 g/mol. The summed E-state index contributed by atoms with van der Waals surface area (Å²) in [5.74, 6) is -0.522. The predicted molar refractivity (Wildman–Crippen MR) is 138 cm³/mol. The Bertz CT molecular complexity index is 1280. The van der Waals surface area contributed by atoms with Gasteiger partial charge in [-0.25, -0.2) is 0 Å². The molecular weight excluding hydrogens is 547 g/mol. The molecule has 0 spiro atoms. The number of hydrogen-bond donors (Lipinski definition) is 1. The molecule has 5 nitrogen and oxygen atoms in total. The molecule has 0 aliphatic carbocycles. The Morgan fingerprint density at radius 1 is 1.00 bits per heavy atom. The first-order chi connectivity index (χ1) is 15.8. The van der Waals surface area contributed by atoms with Crippen molar-refractivity contribution in [2.45, 2.75) is 6.61 Å². The van der Waals surface area contributed by atoms with Crippen molar-refractivity contribution in [2.24, 2.45) is 0 Å². The fourth-order valence-corrected chi connectivity index (χ4v) is 4.03. The molecule has 0 radical (unpaired) electrons. The van der Waals surface area contributed by atoms with Crippen LogP contribution in [0.2, 0.25) is 10.0 Å². The summed E-state index contributed by atoms with van der Waals surface area (Å²) in [5.41, 5.74) is 1.89. The highest BCUT2D eigenvalue weighted by Crippen LogP contribution is 2.34. The topological polar surface area (TPSA) is 58.6 Å². The summed E-state index contributed by atoms with van der Waals surface area (Å²) in [4.78, 5) is 26.8. The summed E-state index contributed by atoms with van der Waals surface area (Å²) in [5, 5.41) is 2.90. The Labute approximate surface area is 214 Å². The van der Waals surface area contributed by atoms with Gasteiger partial charge in [-0.05, 0) is 65.8 Å². The Hall–Kier alpha value is -2.71. The van der Waals surface area contributed by atoms with E-state index in [2.05, 4.69) is 21.2 Å². The Morgan fingerprint density at radius 3 is 2.39 bits per heavy atom. The lowest BCUT2D eigenvalue weighted by molar-refractivity contribution is -0.122. The van der Waals surface area contributed by atoms with Crippen molar-refractivity contribution >= 4 is 80.0 Å². The van der Waals surface area contributed by atoms with E-state index < -0.39 is 11.8 Å². The normalized spacial score (nSPS) is 15.1. The third-order valence-corrected chi connectivity index (χ3v) is 6.41. The zero-order valence-corrected chi connectivity index (χ0v) is 20.8. The smallest absolute Gasteiger partial charge is 0.270 e. The minimum absolute atomic E-state index is 0.0667. The molecule has 0 atom stereocenters. The minimum Gasteiger partial charge on any atom is -0.489 e. The lowest BCUT2D eigenvalue weighted by Crippen LogP contribution is -2.54. The van der Waals surface area contributed by atoms with Gasteiger partial charge in [-0.3, -0.25) is 19.8 Å². The second kappa shape index (κ2) is 10.1. The number of nitrogens with one attached hydrogen (secondary N) is 1. The van der Waals surface area contributed by atoms with Crippen LogP contribution in [0.1, 0.15) is 11.1 Å². The van der Waals surface area contributed by atoms with Crippen LogP contribution in [0.25, 0.3) is 6.08 Å². The van der Waals surface area contributed by atoms with Crippen LogP contribution in [-0.2, 0) is 16.2 Å². The number of nitrogens with zero attached hydrogens (tertiary/aromatic N) is 1. The molecular formula is C24H15BrCl2N2O3S. The number of thiocarbonyl (C=S) groups is 1. The summed E-state index contributed by atoms with van der Waals surface area (Å²) in [6, 6.07) is 19.7. The van der Waals surface area contributed by atoms with E-state index in [9.17, 15) is 9.59 Å². The third kappa shape index (κ3) is 5.28. The number of carbonyl (C=O) groups is 2. The molecule has 1 fully saturated rings. The molecule has 0 unspecified atom stereocenters. The summed E-state index contributed by atoms with van der Waals surface area (Å²) in [6.45, 7) is 0.418. The van der Waals surface area contributed by atoms with E-state index in [4.69, 9.17) is 40.2 Å². The zero-order chi connectivity index (χ0) is 23.5. The first kappa shape index (κ1) is 23.4. The lowest BCUT2D eigenvalue weighted by atomic mass is 10.1. The second-order valence-corrected chi connectivity index (χ2v) is 9.10. The molecule has 0 aromatic heterocycles. The van der Waals surface area contributed by atoms with Crippen molar-refractivity contribution < 1.29 is 14.3 Å². The van der Waals surface area contributed by atoms with Crippen molar-refractivity contribution in [3.8, 4) is 5.75 Å². The molecule has 1 N–H and O–H groups in total. The molecule has 0 bridgehead atoms. The van der Waals surface area contributed by atoms with Gasteiger partial charge in [-0.15, -0.1) is 0 Å². The monoisotopic (exact) mass is 560 g/mol. The maximum absolute atomic E-state index is 13.1. The number of carbonyl (C=O) groups excluding carboxylic acids is 2. The number of amides is 2. The molecule has 1 saturated heterocycles. The summed E-state index contributed by atoms with van der Waals surface area (Å²) in [7, 11) is 0. The van der Waals surface area contributed by atoms with Crippen molar-refractivity contribution in [3.63, 3.8) is 0 Å². The van der Waals surface area contributed by atoms with Crippen LogP contribution in [0.3, 0.4) is 0 Å². The predicted octanol–water partition coefficient (Wildman–Crippen LogP) is 6.17. The van der Waals surface area contributed by atoms with Crippen molar-refractivity contribution in [1.82, 2.24) is 5.32 Å². The van der Waals surface area contributed by atoms with Crippen molar-refractivity contribution in [1.29, 1.82) is 0 Å². The number of rotatable bonds is 5. The molecule has 1 aliphatic heterocycles. The maximum Gasteiger partial charge on any atom is 0.270 e. The molecule has 2 amide bonds. The highest BCUT2D eigenvalue weighted by atomic mass is 79.9.